The van der Waals surface area contributed by atoms with Crippen LogP contribution in [0.1, 0.15) is 303 Å². The second kappa shape index (κ2) is 71.2. The van der Waals surface area contributed by atoms with E-state index in [1.807, 2.05) is 159 Å². The first-order valence-corrected chi connectivity index (χ1v) is 43.4. The van der Waals surface area contributed by atoms with Gasteiger partial charge in [0, 0.05) is 43.7 Å². The molecule has 3 fully saturated rings. The molecule has 2 aromatic heterocycles. The van der Waals surface area contributed by atoms with Crippen LogP contribution in [0.25, 0.3) is 0 Å². The van der Waals surface area contributed by atoms with E-state index >= 15 is 0 Å². The third kappa shape index (κ3) is 40.0. The van der Waals surface area contributed by atoms with Crippen molar-refractivity contribution in [3.8, 4) is 0 Å². The second-order valence-electron chi connectivity index (χ2n) is 25.5. The number of amides is 1. The highest BCUT2D eigenvalue weighted by molar-refractivity contribution is 5.94. The van der Waals surface area contributed by atoms with Gasteiger partial charge in [-0.2, -0.15) is 0 Å². The lowest BCUT2D eigenvalue weighted by Gasteiger charge is -2.23. The van der Waals surface area contributed by atoms with Crippen molar-refractivity contribution < 1.29 is 62.3 Å². The zero-order valence-corrected chi connectivity index (χ0v) is 75.0. The Morgan fingerprint density at radius 2 is 0.856 bits per heavy atom. The number of hydrogen-bond acceptors (Lipinski definition) is 17. The summed E-state index contributed by atoms with van der Waals surface area (Å²) in [5, 5.41) is 15.4. The number of carbonyl (C=O) groups is 6. The number of ether oxygens (including phenoxy) is 6. The number of carboxylic acids is 1. The van der Waals surface area contributed by atoms with Crippen LogP contribution in [0.4, 0.5) is 0 Å². The third-order valence-corrected chi connectivity index (χ3v) is 18.7. The van der Waals surface area contributed by atoms with Crippen molar-refractivity contribution in [2.45, 2.75) is 275 Å². The summed E-state index contributed by atoms with van der Waals surface area (Å²) in [5.41, 5.74) is 21.8. The zero-order valence-electron chi connectivity index (χ0n) is 75.0. The number of allylic oxidation sites excluding steroid dienone is 4. The molecule has 0 bridgehead atoms. The van der Waals surface area contributed by atoms with Gasteiger partial charge < -0.3 is 64.8 Å². The third-order valence-electron chi connectivity index (χ3n) is 18.7. The molecule has 7 N–H and O–H groups in total. The SMILES string of the molecule is C1CCOC1.CC.CC.CC.CC.CC.CC.CC.CC.CO/C=C/C=C(\COC=O)C(=O)OC.COC(=O)/C(=C/C=C/NC1CCc2ccccc21)COC=O.NC1CCCCC1.NC1CCc2ccccc21.O=C(NC1CCCCC1)c1cccn(C2CCc3ccccc32)c1=O.O=C(O)c1cccn(C2CCc3ccccc32)c1=O. The molecule has 4 aromatic carbocycles. The predicted octanol–water partition coefficient (Wildman–Crippen LogP) is 19.9. The van der Waals surface area contributed by atoms with Gasteiger partial charge in [-0.25, -0.2) is 14.4 Å². The molecule has 2 saturated carbocycles. The molecule has 4 unspecified atom stereocenters. The summed E-state index contributed by atoms with van der Waals surface area (Å²) < 4.78 is 30.9. The molecule has 0 spiro atoms. The minimum atomic E-state index is -1.18. The molecule has 1 aliphatic heterocycles. The van der Waals surface area contributed by atoms with E-state index in [1.165, 1.54) is 141 Å². The van der Waals surface area contributed by atoms with Crippen molar-refractivity contribution >= 4 is 36.8 Å². The largest absolute Gasteiger partial charge is 0.504 e. The maximum Gasteiger partial charge on any atom is 0.341 e. The Balaban J connectivity index is 0. The van der Waals surface area contributed by atoms with Crippen LogP contribution in [0.2, 0.25) is 0 Å². The number of fused-ring (bicyclic) bond motifs is 4. The molecular weight excluding hydrogens is 1490 g/mol. The highest BCUT2D eigenvalue weighted by atomic mass is 16.5. The quantitative estimate of drug-likeness (QED) is 0.0133. The first-order chi connectivity index (χ1) is 57.7. The Morgan fingerprint density at radius 3 is 1.26 bits per heavy atom. The molecule has 1 amide bonds. The molecule has 21 nitrogen and oxygen atoms in total. The highest BCUT2D eigenvalue weighted by Gasteiger charge is 2.28. The number of nitrogens with two attached hydrogens (primary N) is 2. The predicted molar refractivity (Wildman–Crippen MR) is 482 cm³/mol. The van der Waals surface area contributed by atoms with Gasteiger partial charge in [-0.15, -0.1) is 0 Å². The van der Waals surface area contributed by atoms with E-state index < -0.39 is 23.5 Å². The normalized spacial score (nSPS) is 16.4. The molecule has 1 saturated heterocycles. The van der Waals surface area contributed by atoms with Gasteiger partial charge in [-0.3, -0.25) is 24.0 Å². The van der Waals surface area contributed by atoms with Crippen LogP contribution in [0.5, 0.6) is 0 Å². The smallest absolute Gasteiger partial charge is 0.341 e. The Kier molecular flexibility index (Phi) is 66.4. The number of aryl methyl sites for hydroxylation is 4. The molecule has 0 radical (unpaired) electrons. The Labute approximate surface area is 707 Å². The lowest BCUT2D eigenvalue weighted by atomic mass is 9.95. The molecule has 13 rings (SSSR count). The van der Waals surface area contributed by atoms with Crippen LogP contribution in [0.3, 0.4) is 0 Å². The number of esters is 2. The molecule has 4 atom stereocenters. The molecule has 118 heavy (non-hydrogen) atoms. The summed E-state index contributed by atoms with van der Waals surface area (Å²) in [6.07, 6.45) is 35.7. The van der Waals surface area contributed by atoms with E-state index in [9.17, 15) is 38.4 Å². The Hall–Kier alpha value is -9.96. The maximum absolute atomic E-state index is 13.0. The van der Waals surface area contributed by atoms with Gasteiger partial charge in [0.25, 0.3) is 30.0 Å². The molecule has 3 heterocycles. The van der Waals surface area contributed by atoms with Crippen molar-refractivity contribution in [3.05, 3.63) is 258 Å². The fourth-order valence-electron chi connectivity index (χ4n) is 13.4. The van der Waals surface area contributed by atoms with Gasteiger partial charge >= 0.3 is 17.9 Å². The van der Waals surface area contributed by atoms with Gasteiger partial charge in [-0.1, -0.05) is 246 Å². The van der Waals surface area contributed by atoms with E-state index in [0.29, 0.717) is 18.6 Å². The van der Waals surface area contributed by atoms with Crippen LogP contribution in [-0.2, 0) is 73.3 Å². The van der Waals surface area contributed by atoms with Crippen LogP contribution >= 0.6 is 0 Å². The maximum atomic E-state index is 13.0. The van der Waals surface area contributed by atoms with E-state index in [-0.39, 0.29) is 77.6 Å². The van der Waals surface area contributed by atoms with Gasteiger partial charge in [0.1, 0.15) is 24.3 Å². The number of benzene rings is 4. The molecular formula is C97H148N6O15. The number of carboxylic acid groups (broad SMARTS) is 1. The van der Waals surface area contributed by atoms with Crippen molar-refractivity contribution in [1.82, 2.24) is 19.8 Å². The minimum absolute atomic E-state index is 0.0335. The van der Waals surface area contributed by atoms with E-state index in [0.717, 1.165) is 95.8 Å². The van der Waals surface area contributed by atoms with Crippen molar-refractivity contribution in [2.24, 2.45) is 11.5 Å². The summed E-state index contributed by atoms with van der Waals surface area (Å²) in [6, 6.07) is 40.8. The highest BCUT2D eigenvalue weighted by Crippen LogP contribution is 2.35. The number of rotatable bonds is 18. The lowest BCUT2D eigenvalue weighted by Crippen LogP contribution is -2.40. The van der Waals surface area contributed by atoms with E-state index in [1.54, 1.807) is 41.2 Å². The Morgan fingerprint density at radius 1 is 0.466 bits per heavy atom. The summed E-state index contributed by atoms with van der Waals surface area (Å²) in [4.78, 5) is 91.4. The topological polar surface area (TPSA) is 298 Å². The fourth-order valence-corrected chi connectivity index (χ4v) is 13.4. The van der Waals surface area contributed by atoms with Crippen LogP contribution < -0.4 is 33.2 Å². The molecule has 7 aliphatic rings. The number of nitrogens with zero attached hydrogens (tertiary/aromatic N) is 2. The average molecular weight is 1640 g/mol. The number of methoxy groups -OCH3 is 3. The monoisotopic (exact) mass is 1640 g/mol. The molecule has 6 aromatic rings. The van der Waals surface area contributed by atoms with Gasteiger partial charge in [0.15, 0.2) is 0 Å². The van der Waals surface area contributed by atoms with E-state index in [2.05, 4.69) is 95.0 Å². The number of aromatic nitrogens is 2. The molecule has 21 heteroatoms. The van der Waals surface area contributed by atoms with Gasteiger partial charge in [0.05, 0.1) is 56.9 Å². The van der Waals surface area contributed by atoms with Crippen LogP contribution in [0.15, 0.2) is 191 Å². The number of carbonyl (C=O) groups excluding carboxylic acids is 5. The standard InChI is InChI=1S/C21H24N2O2.C17H19NO4.C15H13NO3.C9H11N.C9H12O5.C6H13N.C4H8O.8C2H6/c24-20(22-16-8-2-1-3-9-16)18-11-6-14-23(21(18)25)19-13-12-15-7-4-5-10-17(15)19;1-21-17(20)14(11-22-12-19)6-4-10-18-16-9-8-13-5-2-3-7-15(13)16;17-14-12(15(18)19)6-3-9-16(14)13-8-7-10-4-1-2-5-11(10)13;10-9-6-5-7-3-1-2-4-8(7)9;1-12-5-3-4-8(6-14-7-10)9(11)13-2;7-6-4-2-1-3-5-6;1-2-4-5-3-1;8*1-2/h4-7,10-11,14,16,19H,1-3,8-9,12-13H2,(H,22,24);2-7,10,12,16,18H,8-9,11H2,1H3;1-6,9,13H,7-8H2,(H,18,19);1-4,9H,5-6,10H2;3-5,7H,6H2,1-2H3;6H,1-5,7H2;1-4H2;8*1-2H3/b;10-4+,14-6+;;;5-3+,8-4+;;;;;;;;;;. The van der Waals surface area contributed by atoms with E-state index in [4.69, 9.17) is 21.3 Å². The fraction of sp³-hybridized carbons (Fsp3) is 0.505. The van der Waals surface area contributed by atoms with Crippen LogP contribution in [0, 0.1) is 0 Å². The number of nitrogens with one attached hydrogen (secondary N) is 2. The Bertz CT molecular complexity index is 3910. The number of aromatic carboxylic acids is 1. The lowest BCUT2D eigenvalue weighted by molar-refractivity contribution is -0.139. The van der Waals surface area contributed by atoms with Gasteiger partial charge in [-0.05, 0) is 189 Å². The number of pyridine rings is 2. The summed E-state index contributed by atoms with van der Waals surface area (Å²) in [7, 11) is 4.01. The molecule has 656 valence electrons. The first kappa shape index (κ1) is 110. The summed E-state index contributed by atoms with van der Waals surface area (Å²) in [5.74, 6) is -2.46. The van der Waals surface area contributed by atoms with Crippen molar-refractivity contribution in [1.29, 1.82) is 0 Å². The van der Waals surface area contributed by atoms with Crippen molar-refractivity contribution in [3.63, 3.8) is 0 Å². The number of hydrogen-bond donors (Lipinski definition) is 5. The van der Waals surface area contributed by atoms with Crippen molar-refractivity contribution in [2.75, 3.05) is 47.8 Å². The summed E-state index contributed by atoms with van der Waals surface area (Å²) >= 11 is 0. The summed E-state index contributed by atoms with van der Waals surface area (Å²) in [6.45, 7) is 34.3. The van der Waals surface area contributed by atoms with Gasteiger partial charge in [0.2, 0.25) is 0 Å². The average Bonchev–Trinajstić information content (AvgIpc) is 1.60. The molecule has 6 aliphatic carbocycles. The zero-order chi connectivity index (χ0) is 88.9. The second-order valence-corrected chi connectivity index (χ2v) is 25.5. The van der Waals surface area contributed by atoms with Crippen LogP contribution in [-0.4, -0.2) is 111 Å². The first-order valence-electron chi connectivity index (χ1n) is 43.4. The minimum Gasteiger partial charge on any atom is -0.504 e.